The summed E-state index contributed by atoms with van der Waals surface area (Å²) in [6.45, 7) is 2.40. The van der Waals surface area contributed by atoms with Gasteiger partial charge < -0.3 is 15.5 Å². The minimum absolute atomic E-state index is 0. The Hall–Kier alpha value is -2.43. The molecule has 0 spiro atoms. The average molecular weight is 478 g/mol. The number of guanidine groups is 1. The highest BCUT2D eigenvalue weighted by atomic mass is 127. The fourth-order valence-corrected chi connectivity index (χ4v) is 3.31. The quantitative estimate of drug-likeness (QED) is 0.259. The van der Waals surface area contributed by atoms with Gasteiger partial charge in [0.1, 0.15) is 12.1 Å². The molecule has 0 saturated carbocycles. The topological polar surface area (TPSA) is 83.3 Å². The third-order valence-corrected chi connectivity index (χ3v) is 4.58. The first-order valence-electron chi connectivity index (χ1n) is 8.70. The van der Waals surface area contributed by atoms with E-state index in [9.17, 15) is 0 Å². The zero-order valence-corrected chi connectivity index (χ0v) is 17.7. The fraction of sp³-hybridized carbons (Fsp3) is 0.333. The Morgan fingerprint density at radius 2 is 2.07 bits per heavy atom. The van der Waals surface area contributed by atoms with Crippen LogP contribution in [0.1, 0.15) is 5.56 Å². The van der Waals surface area contributed by atoms with E-state index in [4.69, 9.17) is 0 Å². The molecule has 4 rings (SSSR count). The normalized spacial score (nSPS) is 13.4. The van der Waals surface area contributed by atoms with E-state index in [0.29, 0.717) is 0 Å². The standard InChI is InChI=1S/C18H22N8.HI/c1-19-18(26-10-7-13-5-3-4-6-15(13)26)21-9-8-20-16-14-11-24-25(2)17(14)23-12-22-16;/h3-6,11-12H,7-10H2,1-2H3,(H,19,21)(H,20,22,23);1H. The molecule has 1 aromatic carbocycles. The number of halogens is 1. The Kier molecular flexibility index (Phi) is 6.09. The number of hydrogen-bond acceptors (Lipinski definition) is 5. The number of nitrogens with one attached hydrogen (secondary N) is 2. The van der Waals surface area contributed by atoms with Crippen LogP contribution >= 0.6 is 24.0 Å². The van der Waals surface area contributed by atoms with Gasteiger partial charge in [-0.15, -0.1) is 24.0 Å². The second-order valence-electron chi connectivity index (χ2n) is 6.16. The molecule has 2 N–H and O–H groups in total. The molecule has 0 fully saturated rings. The Balaban J connectivity index is 0.00000210. The first-order valence-corrected chi connectivity index (χ1v) is 8.70. The van der Waals surface area contributed by atoms with Crippen LogP contribution in [0.3, 0.4) is 0 Å². The number of benzene rings is 1. The van der Waals surface area contributed by atoms with Crippen LogP contribution in [0.15, 0.2) is 41.8 Å². The molecule has 0 unspecified atom stereocenters. The van der Waals surface area contributed by atoms with Gasteiger partial charge in [0.25, 0.3) is 0 Å². The van der Waals surface area contributed by atoms with Crippen LogP contribution in [0.5, 0.6) is 0 Å². The monoisotopic (exact) mass is 478 g/mol. The van der Waals surface area contributed by atoms with Gasteiger partial charge >= 0.3 is 0 Å². The maximum absolute atomic E-state index is 4.43. The van der Waals surface area contributed by atoms with Gasteiger partial charge in [-0.2, -0.15) is 5.10 Å². The summed E-state index contributed by atoms with van der Waals surface area (Å²) in [6, 6.07) is 8.48. The first-order chi connectivity index (χ1) is 12.8. The lowest BCUT2D eigenvalue weighted by atomic mass is 10.2. The molecule has 142 valence electrons. The predicted octanol–water partition coefficient (Wildman–Crippen LogP) is 2.03. The van der Waals surface area contributed by atoms with E-state index < -0.39 is 0 Å². The zero-order valence-electron chi connectivity index (χ0n) is 15.4. The molecular weight excluding hydrogens is 455 g/mol. The van der Waals surface area contributed by atoms with Crippen molar-refractivity contribution in [3.63, 3.8) is 0 Å². The molecular formula is C18H23IN8. The highest BCUT2D eigenvalue weighted by molar-refractivity contribution is 14.0. The van der Waals surface area contributed by atoms with Crippen LogP contribution in [0.25, 0.3) is 11.0 Å². The van der Waals surface area contributed by atoms with Crippen molar-refractivity contribution in [2.24, 2.45) is 12.0 Å². The summed E-state index contributed by atoms with van der Waals surface area (Å²) in [7, 11) is 3.69. The highest BCUT2D eigenvalue weighted by Gasteiger charge is 2.22. The van der Waals surface area contributed by atoms with Crippen molar-refractivity contribution in [3.8, 4) is 0 Å². The highest BCUT2D eigenvalue weighted by Crippen LogP contribution is 2.27. The Morgan fingerprint density at radius 1 is 1.22 bits per heavy atom. The average Bonchev–Trinajstić information content (AvgIpc) is 3.27. The molecule has 0 amide bonds. The van der Waals surface area contributed by atoms with Crippen molar-refractivity contribution in [2.45, 2.75) is 6.42 Å². The summed E-state index contributed by atoms with van der Waals surface area (Å²) in [5.41, 5.74) is 3.43. The lowest BCUT2D eigenvalue weighted by Crippen LogP contribution is -2.42. The van der Waals surface area contributed by atoms with Crippen molar-refractivity contribution >= 4 is 52.5 Å². The van der Waals surface area contributed by atoms with E-state index in [1.54, 1.807) is 17.2 Å². The minimum atomic E-state index is 0. The van der Waals surface area contributed by atoms with Gasteiger partial charge in [-0.25, -0.2) is 9.97 Å². The third-order valence-electron chi connectivity index (χ3n) is 4.58. The molecule has 3 heterocycles. The van der Waals surface area contributed by atoms with Gasteiger partial charge in [0.05, 0.1) is 11.6 Å². The number of anilines is 2. The summed E-state index contributed by atoms with van der Waals surface area (Å²) < 4.78 is 1.74. The van der Waals surface area contributed by atoms with Gasteiger partial charge in [-0.05, 0) is 18.1 Å². The largest absolute Gasteiger partial charge is 0.368 e. The van der Waals surface area contributed by atoms with E-state index in [1.807, 2.05) is 14.1 Å². The molecule has 0 atom stereocenters. The van der Waals surface area contributed by atoms with Crippen LogP contribution in [0.4, 0.5) is 11.5 Å². The Labute approximate surface area is 175 Å². The van der Waals surface area contributed by atoms with E-state index >= 15 is 0 Å². The molecule has 0 radical (unpaired) electrons. The van der Waals surface area contributed by atoms with Crippen LogP contribution in [0, 0.1) is 0 Å². The molecule has 0 saturated heterocycles. The maximum Gasteiger partial charge on any atom is 0.198 e. The fourth-order valence-electron chi connectivity index (χ4n) is 3.31. The molecule has 9 heteroatoms. The number of para-hydroxylation sites is 1. The Morgan fingerprint density at radius 3 is 2.93 bits per heavy atom. The summed E-state index contributed by atoms with van der Waals surface area (Å²) in [5.74, 6) is 1.69. The van der Waals surface area contributed by atoms with Crippen molar-refractivity contribution in [2.75, 3.05) is 36.9 Å². The summed E-state index contributed by atoms with van der Waals surface area (Å²) in [5, 5.41) is 11.9. The second kappa shape index (κ2) is 8.51. The van der Waals surface area contributed by atoms with Gasteiger partial charge in [-0.1, -0.05) is 18.2 Å². The SMILES string of the molecule is CN=C(NCCNc1ncnc2c1cnn2C)N1CCc2ccccc21.I. The van der Waals surface area contributed by atoms with Gasteiger partial charge in [0.2, 0.25) is 0 Å². The molecule has 0 bridgehead atoms. The Bertz CT molecular complexity index is 951. The molecule has 1 aliphatic rings. The minimum Gasteiger partial charge on any atom is -0.368 e. The number of hydrogen-bond donors (Lipinski definition) is 2. The van der Waals surface area contributed by atoms with E-state index in [-0.39, 0.29) is 24.0 Å². The number of nitrogens with zero attached hydrogens (tertiary/aromatic N) is 6. The second-order valence-corrected chi connectivity index (χ2v) is 6.16. The van der Waals surface area contributed by atoms with Crippen molar-refractivity contribution < 1.29 is 0 Å². The maximum atomic E-state index is 4.43. The van der Waals surface area contributed by atoms with Gasteiger partial charge in [0.15, 0.2) is 11.6 Å². The predicted molar refractivity (Wildman–Crippen MR) is 119 cm³/mol. The summed E-state index contributed by atoms with van der Waals surface area (Å²) in [4.78, 5) is 15.2. The van der Waals surface area contributed by atoms with Crippen molar-refractivity contribution in [1.82, 2.24) is 25.1 Å². The summed E-state index contributed by atoms with van der Waals surface area (Å²) in [6.07, 6.45) is 4.39. The molecule has 8 nitrogen and oxygen atoms in total. The lowest BCUT2D eigenvalue weighted by molar-refractivity contribution is 0.785. The number of aromatic nitrogens is 4. The lowest BCUT2D eigenvalue weighted by Gasteiger charge is -2.22. The smallest absolute Gasteiger partial charge is 0.198 e. The molecule has 3 aromatic rings. The third kappa shape index (κ3) is 3.82. The zero-order chi connectivity index (χ0) is 17.9. The van der Waals surface area contributed by atoms with Gasteiger partial charge in [-0.3, -0.25) is 9.67 Å². The summed E-state index contributed by atoms with van der Waals surface area (Å²) >= 11 is 0. The molecule has 1 aliphatic heterocycles. The van der Waals surface area contributed by atoms with Crippen molar-refractivity contribution in [1.29, 1.82) is 0 Å². The number of aryl methyl sites for hydroxylation is 1. The number of fused-ring (bicyclic) bond motifs is 2. The van der Waals surface area contributed by atoms with Crippen LogP contribution in [-0.4, -0.2) is 52.4 Å². The van der Waals surface area contributed by atoms with Crippen molar-refractivity contribution in [3.05, 3.63) is 42.4 Å². The van der Waals surface area contributed by atoms with Crippen LogP contribution in [0.2, 0.25) is 0 Å². The first kappa shape index (κ1) is 19.3. The van der Waals surface area contributed by atoms with E-state index in [1.165, 1.54) is 11.3 Å². The molecule has 0 aliphatic carbocycles. The van der Waals surface area contributed by atoms with E-state index in [0.717, 1.165) is 48.9 Å². The number of aliphatic imine (C=N–C) groups is 1. The van der Waals surface area contributed by atoms with Crippen LogP contribution < -0.4 is 15.5 Å². The van der Waals surface area contributed by atoms with Crippen LogP contribution in [-0.2, 0) is 13.5 Å². The molecule has 27 heavy (non-hydrogen) atoms. The van der Waals surface area contributed by atoms with E-state index in [2.05, 4.69) is 59.9 Å². The number of rotatable bonds is 4. The molecule has 2 aromatic heterocycles. The van der Waals surface area contributed by atoms with Gasteiger partial charge in [0, 0.05) is 39.4 Å².